The molecule has 0 atom stereocenters. The average Bonchev–Trinajstić information content (AvgIpc) is 1.30. The fourth-order valence-electron chi connectivity index (χ4n) is 0.354. The first kappa shape index (κ1) is 12.1. The summed E-state index contributed by atoms with van der Waals surface area (Å²) in [5.74, 6) is 0. The minimum Gasteiger partial charge on any atom is -0.103 e. The SMILES string of the molecule is C=C[CH]C(C)(C)C.[K+]. The van der Waals surface area contributed by atoms with Crippen molar-refractivity contribution < 1.29 is 51.4 Å². The molecule has 41 valence electrons. The molecule has 0 aromatic carbocycles. The first-order valence-electron chi connectivity index (χ1n) is 2.53. The van der Waals surface area contributed by atoms with Crippen molar-refractivity contribution in [3.63, 3.8) is 0 Å². The maximum Gasteiger partial charge on any atom is 1.00 e. The minimum atomic E-state index is 0. The van der Waals surface area contributed by atoms with Crippen LogP contribution in [0.15, 0.2) is 12.7 Å². The summed E-state index contributed by atoms with van der Waals surface area (Å²) >= 11 is 0. The largest absolute Gasteiger partial charge is 1.00 e. The molecule has 0 nitrogen and oxygen atoms in total. The molecule has 0 aliphatic heterocycles. The topological polar surface area (TPSA) is 0 Å². The van der Waals surface area contributed by atoms with E-state index >= 15 is 0 Å². The van der Waals surface area contributed by atoms with Crippen LogP contribution in [-0.4, -0.2) is 0 Å². The summed E-state index contributed by atoms with van der Waals surface area (Å²) in [7, 11) is 0. The van der Waals surface area contributed by atoms with Gasteiger partial charge >= 0.3 is 51.4 Å². The van der Waals surface area contributed by atoms with Gasteiger partial charge in [0.1, 0.15) is 0 Å². The molecular weight excluding hydrogens is 123 g/mol. The molecule has 0 N–H and O–H groups in total. The first-order chi connectivity index (χ1) is 3.06. The third kappa shape index (κ3) is 10.4. The molecule has 0 unspecified atom stereocenters. The zero-order valence-corrected chi connectivity index (χ0v) is 9.48. The average molecular weight is 136 g/mol. The molecule has 0 fully saturated rings. The van der Waals surface area contributed by atoms with Crippen LogP contribution in [-0.2, 0) is 0 Å². The van der Waals surface area contributed by atoms with Crippen LogP contribution < -0.4 is 51.4 Å². The summed E-state index contributed by atoms with van der Waals surface area (Å²) in [4.78, 5) is 0. The molecule has 0 aliphatic rings. The Kier molecular flexibility index (Phi) is 7.84. The van der Waals surface area contributed by atoms with E-state index in [-0.39, 0.29) is 51.4 Å². The molecule has 0 spiro atoms. The number of hydrogen-bond acceptors (Lipinski definition) is 0. The van der Waals surface area contributed by atoms with Crippen LogP contribution in [0.2, 0.25) is 0 Å². The second-order valence-electron chi connectivity index (χ2n) is 2.77. The van der Waals surface area contributed by atoms with Crippen LogP contribution in [0.1, 0.15) is 20.8 Å². The minimum absolute atomic E-state index is 0. The first-order valence-corrected chi connectivity index (χ1v) is 2.53. The summed E-state index contributed by atoms with van der Waals surface area (Å²) in [5, 5.41) is 0. The van der Waals surface area contributed by atoms with Crippen molar-refractivity contribution in [3.05, 3.63) is 19.1 Å². The van der Waals surface area contributed by atoms with Gasteiger partial charge in [0, 0.05) is 0 Å². The number of hydrogen-bond donors (Lipinski definition) is 0. The maximum atomic E-state index is 3.59. The van der Waals surface area contributed by atoms with Crippen LogP contribution in [0.25, 0.3) is 0 Å². The number of allylic oxidation sites excluding steroid dienone is 1. The molecule has 0 aliphatic carbocycles. The van der Waals surface area contributed by atoms with E-state index in [9.17, 15) is 0 Å². The van der Waals surface area contributed by atoms with Gasteiger partial charge in [0.2, 0.25) is 0 Å². The van der Waals surface area contributed by atoms with Crippen molar-refractivity contribution in [3.8, 4) is 0 Å². The van der Waals surface area contributed by atoms with Gasteiger partial charge in [-0.1, -0.05) is 26.8 Å². The normalized spacial score (nSPS) is 9.88. The van der Waals surface area contributed by atoms with E-state index in [2.05, 4.69) is 33.8 Å². The summed E-state index contributed by atoms with van der Waals surface area (Å²) < 4.78 is 0. The van der Waals surface area contributed by atoms with Crippen molar-refractivity contribution in [2.24, 2.45) is 5.41 Å². The Hall–Kier alpha value is 1.38. The Morgan fingerprint density at radius 3 is 1.62 bits per heavy atom. The van der Waals surface area contributed by atoms with E-state index in [1.807, 2.05) is 6.08 Å². The van der Waals surface area contributed by atoms with E-state index in [0.29, 0.717) is 5.41 Å². The molecule has 1 heteroatoms. The fourth-order valence-corrected chi connectivity index (χ4v) is 0.354. The predicted molar refractivity (Wildman–Crippen MR) is 34.0 cm³/mol. The molecule has 0 aromatic rings. The Morgan fingerprint density at radius 1 is 1.25 bits per heavy atom. The molecular formula is C7H13K+. The van der Waals surface area contributed by atoms with Crippen molar-refractivity contribution in [1.29, 1.82) is 0 Å². The second kappa shape index (κ2) is 5.18. The Balaban J connectivity index is 0. The standard InChI is InChI=1S/C7H13.K/c1-5-6-7(2,3)4;/h5-6H,1H2,2-4H3;/q;+1. The van der Waals surface area contributed by atoms with Crippen LogP contribution in [0, 0.1) is 11.8 Å². The summed E-state index contributed by atoms with van der Waals surface area (Å²) in [5.41, 5.74) is 0.307. The molecule has 0 amide bonds. The Morgan fingerprint density at radius 2 is 1.62 bits per heavy atom. The zero-order chi connectivity index (χ0) is 5.91. The quantitative estimate of drug-likeness (QED) is 0.423. The smallest absolute Gasteiger partial charge is 0.103 e. The Bertz CT molecular complexity index is 59.3. The molecule has 0 saturated heterocycles. The van der Waals surface area contributed by atoms with Gasteiger partial charge in [0.15, 0.2) is 0 Å². The van der Waals surface area contributed by atoms with E-state index < -0.39 is 0 Å². The third-order valence-corrected chi connectivity index (χ3v) is 0.618. The molecule has 0 heterocycles. The number of rotatable bonds is 1. The van der Waals surface area contributed by atoms with Crippen molar-refractivity contribution in [1.82, 2.24) is 0 Å². The van der Waals surface area contributed by atoms with Gasteiger partial charge in [-0.15, -0.1) is 6.58 Å². The monoisotopic (exact) mass is 136 g/mol. The van der Waals surface area contributed by atoms with Crippen molar-refractivity contribution >= 4 is 0 Å². The van der Waals surface area contributed by atoms with Crippen LogP contribution in [0.4, 0.5) is 0 Å². The third-order valence-electron chi connectivity index (χ3n) is 0.618. The van der Waals surface area contributed by atoms with Crippen LogP contribution in [0.5, 0.6) is 0 Å². The molecule has 0 rings (SSSR count). The van der Waals surface area contributed by atoms with Crippen LogP contribution >= 0.6 is 0 Å². The van der Waals surface area contributed by atoms with Gasteiger partial charge in [-0.2, -0.15) is 0 Å². The molecule has 0 saturated carbocycles. The second-order valence-corrected chi connectivity index (χ2v) is 2.77. The molecule has 1 radical (unpaired) electrons. The fraction of sp³-hybridized carbons (Fsp3) is 0.571. The molecule has 0 aromatic heterocycles. The van der Waals surface area contributed by atoms with E-state index in [0.717, 1.165) is 0 Å². The van der Waals surface area contributed by atoms with E-state index in [4.69, 9.17) is 0 Å². The zero-order valence-electron chi connectivity index (χ0n) is 6.36. The van der Waals surface area contributed by atoms with Gasteiger partial charge in [-0.3, -0.25) is 0 Å². The molecule has 8 heavy (non-hydrogen) atoms. The van der Waals surface area contributed by atoms with Crippen LogP contribution in [0.3, 0.4) is 0 Å². The Labute approximate surface area is 95.2 Å². The van der Waals surface area contributed by atoms with Gasteiger partial charge in [0.05, 0.1) is 0 Å². The van der Waals surface area contributed by atoms with Gasteiger partial charge in [-0.05, 0) is 11.8 Å². The summed E-state index contributed by atoms with van der Waals surface area (Å²) in [6.45, 7) is 10.0. The summed E-state index contributed by atoms with van der Waals surface area (Å²) in [6.07, 6.45) is 3.91. The van der Waals surface area contributed by atoms with Crippen molar-refractivity contribution in [2.45, 2.75) is 20.8 Å². The van der Waals surface area contributed by atoms with E-state index in [1.54, 1.807) is 0 Å². The maximum absolute atomic E-state index is 3.59. The summed E-state index contributed by atoms with van der Waals surface area (Å²) in [6, 6.07) is 0. The van der Waals surface area contributed by atoms with Gasteiger partial charge in [-0.25, -0.2) is 0 Å². The van der Waals surface area contributed by atoms with Gasteiger partial charge < -0.3 is 0 Å². The molecule has 0 bridgehead atoms. The predicted octanol–water partition coefficient (Wildman–Crippen LogP) is -0.573. The van der Waals surface area contributed by atoms with E-state index in [1.165, 1.54) is 0 Å². The van der Waals surface area contributed by atoms with Crippen molar-refractivity contribution in [2.75, 3.05) is 0 Å². The van der Waals surface area contributed by atoms with Gasteiger partial charge in [0.25, 0.3) is 0 Å².